The fourth-order valence-electron chi connectivity index (χ4n) is 2.80. The van der Waals surface area contributed by atoms with E-state index < -0.39 is 0 Å². The minimum atomic E-state index is -0.312. The number of nitrogens with one attached hydrogen (secondary N) is 2. The van der Waals surface area contributed by atoms with Gasteiger partial charge in [-0.05, 0) is 72.8 Å². The van der Waals surface area contributed by atoms with E-state index in [-0.39, 0.29) is 11.8 Å². The van der Waals surface area contributed by atoms with Crippen molar-refractivity contribution in [3.63, 3.8) is 0 Å². The Kier molecular flexibility index (Phi) is 6.58. The number of carbonyl (C=O) groups excluding carboxylic acids is 2. The van der Waals surface area contributed by atoms with Crippen molar-refractivity contribution in [3.05, 3.63) is 88.4 Å². The topological polar surface area (TPSA) is 93.2 Å². The highest BCUT2D eigenvalue weighted by Gasteiger charge is 2.12. The van der Waals surface area contributed by atoms with Crippen LogP contribution in [0, 0.1) is 0 Å². The summed E-state index contributed by atoms with van der Waals surface area (Å²) in [6.45, 7) is 0. The summed E-state index contributed by atoms with van der Waals surface area (Å²) in [5.41, 5.74) is 2.45. The molecule has 0 fully saturated rings. The fraction of sp³-hybridized carbons (Fsp3) is 0.0435. The highest BCUT2D eigenvalue weighted by Crippen LogP contribution is 2.28. The molecule has 3 aromatic carbocycles. The molecular formula is C23H17BrN4O3S. The quantitative estimate of drug-likeness (QED) is 0.359. The number of carbonyl (C=O) groups is 2. The van der Waals surface area contributed by atoms with Crippen LogP contribution in [-0.2, 0) is 0 Å². The Balaban J connectivity index is 1.38. The first-order chi connectivity index (χ1) is 15.5. The van der Waals surface area contributed by atoms with E-state index in [4.69, 9.17) is 4.74 Å². The number of nitrogens with zero attached hydrogens (tertiary/aromatic N) is 2. The number of benzene rings is 3. The van der Waals surface area contributed by atoms with Crippen molar-refractivity contribution in [1.82, 2.24) is 10.2 Å². The molecule has 0 bridgehead atoms. The smallest absolute Gasteiger partial charge is 0.257 e. The molecule has 2 amide bonds. The molecule has 0 radical (unpaired) electrons. The summed E-state index contributed by atoms with van der Waals surface area (Å²) >= 11 is 4.62. The average molecular weight is 509 g/mol. The van der Waals surface area contributed by atoms with Gasteiger partial charge in [0.05, 0.1) is 7.11 Å². The van der Waals surface area contributed by atoms with E-state index in [0.717, 1.165) is 15.8 Å². The molecule has 9 heteroatoms. The van der Waals surface area contributed by atoms with Crippen molar-refractivity contribution < 1.29 is 14.3 Å². The van der Waals surface area contributed by atoms with Crippen molar-refractivity contribution in [3.8, 4) is 16.3 Å². The van der Waals surface area contributed by atoms with Gasteiger partial charge in [0.2, 0.25) is 5.13 Å². The third kappa shape index (κ3) is 5.19. The van der Waals surface area contributed by atoms with E-state index in [1.54, 1.807) is 55.6 Å². The lowest BCUT2D eigenvalue weighted by atomic mass is 10.1. The second-order valence-corrected chi connectivity index (χ2v) is 8.53. The predicted octanol–water partition coefficient (Wildman–Crippen LogP) is 5.48. The number of halogens is 1. The number of hydrogen-bond acceptors (Lipinski definition) is 6. The third-order valence-corrected chi connectivity index (χ3v) is 5.91. The lowest BCUT2D eigenvalue weighted by Crippen LogP contribution is -2.13. The standard InChI is InChI=1S/C23H17BrN4O3S/c1-31-19-12-6-16(7-13-19)22-27-28-23(32-22)26-21(30)15-4-10-18(11-5-15)25-20(29)14-2-8-17(24)9-3-14/h2-13H,1H3,(H,25,29)(H,26,28,30). The van der Waals surface area contributed by atoms with Gasteiger partial charge < -0.3 is 10.1 Å². The molecular weight excluding hydrogens is 492 g/mol. The minimum absolute atomic E-state index is 0.227. The van der Waals surface area contributed by atoms with E-state index in [1.165, 1.54) is 11.3 Å². The number of amides is 2. The second-order valence-electron chi connectivity index (χ2n) is 6.63. The Morgan fingerprint density at radius 1 is 0.812 bits per heavy atom. The van der Waals surface area contributed by atoms with Crippen LogP contribution in [0.2, 0.25) is 0 Å². The van der Waals surface area contributed by atoms with Crippen LogP contribution in [0.1, 0.15) is 20.7 Å². The molecule has 2 N–H and O–H groups in total. The molecule has 0 aliphatic heterocycles. The highest BCUT2D eigenvalue weighted by atomic mass is 79.9. The van der Waals surface area contributed by atoms with Crippen molar-refractivity contribution >= 4 is 49.9 Å². The molecule has 4 rings (SSSR count). The Morgan fingerprint density at radius 3 is 2.03 bits per heavy atom. The summed E-state index contributed by atoms with van der Waals surface area (Å²) in [7, 11) is 1.61. The Morgan fingerprint density at radius 2 is 1.41 bits per heavy atom. The van der Waals surface area contributed by atoms with Crippen molar-refractivity contribution in [2.75, 3.05) is 17.7 Å². The van der Waals surface area contributed by atoms with Gasteiger partial charge in [-0.3, -0.25) is 14.9 Å². The summed E-state index contributed by atoms with van der Waals surface area (Å²) in [5, 5.41) is 14.8. The van der Waals surface area contributed by atoms with Gasteiger partial charge in [-0.15, -0.1) is 10.2 Å². The molecule has 32 heavy (non-hydrogen) atoms. The maximum absolute atomic E-state index is 12.5. The van der Waals surface area contributed by atoms with Crippen LogP contribution in [-0.4, -0.2) is 29.1 Å². The van der Waals surface area contributed by atoms with Crippen LogP contribution in [0.4, 0.5) is 10.8 Å². The maximum atomic E-state index is 12.5. The zero-order chi connectivity index (χ0) is 22.5. The summed E-state index contributed by atoms with van der Waals surface area (Å²) in [5.74, 6) is 0.214. The average Bonchev–Trinajstić information content (AvgIpc) is 3.28. The monoisotopic (exact) mass is 508 g/mol. The molecule has 0 atom stereocenters. The molecule has 0 aliphatic rings. The summed E-state index contributed by atoms with van der Waals surface area (Å²) in [6.07, 6.45) is 0. The molecule has 0 saturated carbocycles. The third-order valence-electron chi connectivity index (χ3n) is 4.49. The predicted molar refractivity (Wildman–Crippen MR) is 128 cm³/mol. The van der Waals surface area contributed by atoms with Gasteiger partial charge in [-0.2, -0.15) is 0 Å². The summed E-state index contributed by atoms with van der Waals surface area (Å²) in [4.78, 5) is 24.9. The minimum Gasteiger partial charge on any atom is -0.497 e. The Hall–Kier alpha value is -3.56. The van der Waals surface area contributed by atoms with Crippen LogP contribution < -0.4 is 15.4 Å². The van der Waals surface area contributed by atoms with E-state index in [0.29, 0.717) is 27.0 Å². The number of ether oxygens (including phenoxy) is 1. The first-order valence-electron chi connectivity index (χ1n) is 9.48. The molecule has 1 aromatic heterocycles. The van der Waals surface area contributed by atoms with Crippen molar-refractivity contribution in [2.24, 2.45) is 0 Å². The zero-order valence-corrected chi connectivity index (χ0v) is 19.2. The lowest BCUT2D eigenvalue weighted by Gasteiger charge is -2.07. The molecule has 1 heterocycles. The lowest BCUT2D eigenvalue weighted by molar-refractivity contribution is 0.102. The second kappa shape index (κ2) is 9.71. The largest absolute Gasteiger partial charge is 0.497 e. The fourth-order valence-corrected chi connectivity index (χ4v) is 3.81. The number of anilines is 2. The first-order valence-corrected chi connectivity index (χ1v) is 11.1. The van der Waals surface area contributed by atoms with Gasteiger partial charge in [0.1, 0.15) is 10.8 Å². The van der Waals surface area contributed by atoms with Gasteiger partial charge in [0.25, 0.3) is 11.8 Å². The molecule has 7 nitrogen and oxygen atoms in total. The SMILES string of the molecule is COc1ccc(-c2nnc(NC(=O)c3ccc(NC(=O)c4ccc(Br)cc4)cc3)s2)cc1. The van der Waals surface area contributed by atoms with Crippen LogP contribution in [0.25, 0.3) is 10.6 Å². The van der Waals surface area contributed by atoms with E-state index in [1.807, 2.05) is 24.3 Å². The molecule has 4 aromatic rings. The Labute approximate surface area is 196 Å². The summed E-state index contributed by atoms with van der Waals surface area (Å²) in [6, 6.07) is 21.1. The first kappa shape index (κ1) is 21.7. The van der Waals surface area contributed by atoms with Gasteiger partial charge in [-0.1, -0.05) is 27.3 Å². The summed E-state index contributed by atoms with van der Waals surface area (Å²) < 4.78 is 6.05. The van der Waals surface area contributed by atoms with Crippen LogP contribution in [0.15, 0.2) is 77.3 Å². The van der Waals surface area contributed by atoms with Crippen molar-refractivity contribution in [1.29, 1.82) is 0 Å². The van der Waals surface area contributed by atoms with E-state index in [2.05, 4.69) is 36.8 Å². The Bertz CT molecular complexity index is 1240. The van der Waals surface area contributed by atoms with Gasteiger partial charge in [-0.25, -0.2) is 0 Å². The van der Waals surface area contributed by atoms with Crippen molar-refractivity contribution in [2.45, 2.75) is 0 Å². The molecule has 0 saturated heterocycles. The molecule has 0 aliphatic carbocycles. The number of rotatable bonds is 6. The van der Waals surface area contributed by atoms with Crippen LogP contribution in [0.5, 0.6) is 5.75 Å². The van der Waals surface area contributed by atoms with Crippen LogP contribution >= 0.6 is 27.3 Å². The highest BCUT2D eigenvalue weighted by molar-refractivity contribution is 9.10. The van der Waals surface area contributed by atoms with E-state index in [9.17, 15) is 9.59 Å². The van der Waals surface area contributed by atoms with E-state index >= 15 is 0 Å². The number of methoxy groups -OCH3 is 1. The molecule has 160 valence electrons. The number of hydrogen-bond donors (Lipinski definition) is 2. The maximum Gasteiger partial charge on any atom is 0.257 e. The number of aromatic nitrogens is 2. The normalized spacial score (nSPS) is 10.4. The van der Waals surface area contributed by atoms with Gasteiger partial charge in [0.15, 0.2) is 0 Å². The van der Waals surface area contributed by atoms with Gasteiger partial charge >= 0.3 is 0 Å². The van der Waals surface area contributed by atoms with Crippen LogP contribution in [0.3, 0.4) is 0 Å². The molecule has 0 spiro atoms. The zero-order valence-electron chi connectivity index (χ0n) is 16.8. The van der Waals surface area contributed by atoms with Gasteiger partial charge in [0, 0.05) is 26.9 Å². The molecule has 0 unspecified atom stereocenters.